The Bertz CT molecular complexity index is 603. The van der Waals surface area contributed by atoms with E-state index in [-0.39, 0.29) is 11.2 Å². The van der Waals surface area contributed by atoms with E-state index in [1.54, 1.807) is 12.1 Å². The summed E-state index contributed by atoms with van der Waals surface area (Å²) >= 11 is 3.42. The van der Waals surface area contributed by atoms with E-state index in [1.807, 2.05) is 20.8 Å². The standard InChI is InChI=1S/C14H15BrFN3/c1-14(2,3)11-10(15)12(17)19-13(18-11)8-4-6-9(16)7-5-8/h4-7H,1-3H3,(H2,17,18,19). The fraction of sp³-hybridized carbons (Fsp3) is 0.286. The Morgan fingerprint density at radius 2 is 1.68 bits per heavy atom. The van der Waals surface area contributed by atoms with Crippen molar-refractivity contribution in [3.05, 3.63) is 40.2 Å². The summed E-state index contributed by atoms with van der Waals surface area (Å²) in [6.07, 6.45) is 0. The molecule has 0 aliphatic carbocycles. The van der Waals surface area contributed by atoms with Crippen LogP contribution in [-0.2, 0) is 5.41 Å². The average molecular weight is 324 g/mol. The second-order valence-corrected chi connectivity index (χ2v) is 6.14. The third-order valence-corrected chi connectivity index (χ3v) is 3.47. The second-order valence-electron chi connectivity index (χ2n) is 5.35. The van der Waals surface area contributed by atoms with Gasteiger partial charge in [-0.15, -0.1) is 0 Å². The topological polar surface area (TPSA) is 51.8 Å². The van der Waals surface area contributed by atoms with E-state index in [0.29, 0.717) is 16.1 Å². The number of nitrogens with zero attached hydrogens (tertiary/aromatic N) is 2. The Kier molecular flexibility index (Phi) is 3.58. The highest BCUT2D eigenvalue weighted by Gasteiger charge is 2.22. The highest BCUT2D eigenvalue weighted by Crippen LogP contribution is 2.33. The van der Waals surface area contributed by atoms with Crippen LogP contribution in [0.25, 0.3) is 11.4 Å². The predicted molar refractivity (Wildman–Crippen MR) is 78.2 cm³/mol. The lowest BCUT2D eigenvalue weighted by Crippen LogP contribution is -2.17. The van der Waals surface area contributed by atoms with E-state index in [1.165, 1.54) is 12.1 Å². The minimum absolute atomic E-state index is 0.162. The number of nitrogens with two attached hydrogens (primary N) is 1. The maximum absolute atomic E-state index is 12.9. The first kappa shape index (κ1) is 13.9. The minimum atomic E-state index is -0.287. The maximum atomic E-state index is 12.9. The number of hydrogen-bond acceptors (Lipinski definition) is 3. The smallest absolute Gasteiger partial charge is 0.161 e. The normalized spacial score (nSPS) is 11.6. The Morgan fingerprint density at radius 1 is 1.11 bits per heavy atom. The van der Waals surface area contributed by atoms with Crippen molar-refractivity contribution in [3.63, 3.8) is 0 Å². The quantitative estimate of drug-likeness (QED) is 0.865. The molecule has 0 bridgehead atoms. The summed E-state index contributed by atoms with van der Waals surface area (Å²) in [5.74, 6) is 0.606. The zero-order valence-corrected chi connectivity index (χ0v) is 12.6. The molecule has 0 atom stereocenters. The van der Waals surface area contributed by atoms with Crippen LogP contribution in [0.5, 0.6) is 0 Å². The molecule has 0 unspecified atom stereocenters. The van der Waals surface area contributed by atoms with Gasteiger partial charge in [0.15, 0.2) is 5.82 Å². The molecule has 0 fully saturated rings. The van der Waals surface area contributed by atoms with Crippen molar-refractivity contribution in [3.8, 4) is 11.4 Å². The fourth-order valence-electron chi connectivity index (χ4n) is 1.69. The first-order valence-electron chi connectivity index (χ1n) is 5.88. The zero-order chi connectivity index (χ0) is 14.2. The van der Waals surface area contributed by atoms with Crippen LogP contribution in [0.1, 0.15) is 26.5 Å². The van der Waals surface area contributed by atoms with E-state index in [4.69, 9.17) is 5.73 Å². The molecule has 0 aliphatic rings. The molecule has 1 heterocycles. The molecule has 1 aromatic heterocycles. The molecule has 5 heteroatoms. The molecule has 2 aromatic rings. The molecule has 0 saturated heterocycles. The zero-order valence-electron chi connectivity index (χ0n) is 11.0. The Hall–Kier alpha value is -1.49. The van der Waals surface area contributed by atoms with Crippen molar-refractivity contribution in [1.29, 1.82) is 0 Å². The lowest BCUT2D eigenvalue weighted by atomic mass is 9.91. The molecule has 2 N–H and O–H groups in total. The average Bonchev–Trinajstić information content (AvgIpc) is 2.32. The predicted octanol–water partition coefficient (Wildman–Crippen LogP) is 3.92. The maximum Gasteiger partial charge on any atom is 0.161 e. The number of rotatable bonds is 1. The molecule has 2 rings (SSSR count). The van der Waals surface area contributed by atoms with Crippen LogP contribution in [0.3, 0.4) is 0 Å². The van der Waals surface area contributed by atoms with Crippen LogP contribution in [0.4, 0.5) is 10.2 Å². The van der Waals surface area contributed by atoms with Crippen LogP contribution < -0.4 is 5.73 Å². The van der Waals surface area contributed by atoms with Gasteiger partial charge in [0.25, 0.3) is 0 Å². The number of nitrogen functional groups attached to an aromatic ring is 1. The summed E-state index contributed by atoms with van der Waals surface area (Å²) in [7, 11) is 0. The number of benzene rings is 1. The van der Waals surface area contributed by atoms with Crippen molar-refractivity contribution in [1.82, 2.24) is 9.97 Å². The van der Waals surface area contributed by atoms with E-state index in [0.717, 1.165) is 11.3 Å². The summed E-state index contributed by atoms with van der Waals surface area (Å²) in [6, 6.07) is 6.05. The molecule has 0 aliphatic heterocycles. The molecule has 0 spiro atoms. The molecular formula is C14H15BrFN3. The largest absolute Gasteiger partial charge is 0.383 e. The lowest BCUT2D eigenvalue weighted by molar-refractivity contribution is 0.564. The molecule has 100 valence electrons. The molecule has 1 aromatic carbocycles. The van der Waals surface area contributed by atoms with Gasteiger partial charge in [-0.05, 0) is 40.2 Å². The first-order chi connectivity index (χ1) is 8.79. The van der Waals surface area contributed by atoms with Gasteiger partial charge in [0.05, 0.1) is 10.2 Å². The van der Waals surface area contributed by atoms with Gasteiger partial charge >= 0.3 is 0 Å². The van der Waals surface area contributed by atoms with E-state index >= 15 is 0 Å². The van der Waals surface area contributed by atoms with E-state index < -0.39 is 0 Å². The highest BCUT2D eigenvalue weighted by atomic mass is 79.9. The van der Waals surface area contributed by atoms with Crippen molar-refractivity contribution in [2.45, 2.75) is 26.2 Å². The summed E-state index contributed by atoms with van der Waals surface area (Å²) < 4.78 is 13.7. The van der Waals surface area contributed by atoms with Gasteiger partial charge < -0.3 is 5.73 Å². The summed E-state index contributed by atoms with van der Waals surface area (Å²) in [4.78, 5) is 8.79. The SMILES string of the molecule is CC(C)(C)c1nc(-c2ccc(F)cc2)nc(N)c1Br. The molecule has 0 saturated carbocycles. The summed E-state index contributed by atoms with van der Waals surface area (Å²) in [5, 5.41) is 0. The number of halogens is 2. The van der Waals surface area contributed by atoms with Gasteiger partial charge in [0.2, 0.25) is 0 Å². The van der Waals surface area contributed by atoms with Gasteiger partial charge in [0.1, 0.15) is 11.6 Å². The number of aromatic nitrogens is 2. The molecule has 19 heavy (non-hydrogen) atoms. The summed E-state index contributed by atoms with van der Waals surface area (Å²) in [6.45, 7) is 6.15. The Labute approximate surface area is 120 Å². The van der Waals surface area contributed by atoms with Gasteiger partial charge in [-0.25, -0.2) is 14.4 Å². The van der Waals surface area contributed by atoms with E-state index in [2.05, 4.69) is 25.9 Å². The molecule has 0 amide bonds. The van der Waals surface area contributed by atoms with Crippen LogP contribution >= 0.6 is 15.9 Å². The molecular weight excluding hydrogens is 309 g/mol. The third kappa shape index (κ3) is 2.92. The van der Waals surface area contributed by atoms with Gasteiger partial charge in [0, 0.05) is 11.0 Å². The van der Waals surface area contributed by atoms with Gasteiger partial charge in [-0.1, -0.05) is 20.8 Å². The van der Waals surface area contributed by atoms with Crippen LogP contribution in [0.2, 0.25) is 0 Å². The number of anilines is 1. The van der Waals surface area contributed by atoms with Crippen molar-refractivity contribution >= 4 is 21.7 Å². The van der Waals surface area contributed by atoms with Crippen LogP contribution in [0.15, 0.2) is 28.7 Å². The number of hydrogen-bond donors (Lipinski definition) is 1. The first-order valence-corrected chi connectivity index (χ1v) is 6.68. The Balaban J connectivity index is 2.60. The van der Waals surface area contributed by atoms with E-state index in [9.17, 15) is 4.39 Å². The third-order valence-electron chi connectivity index (χ3n) is 2.69. The summed E-state index contributed by atoms with van der Waals surface area (Å²) in [5.41, 5.74) is 7.33. The highest BCUT2D eigenvalue weighted by molar-refractivity contribution is 9.10. The fourth-order valence-corrected chi connectivity index (χ4v) is 2.46. The second kappa shape index (κ2) is 4.89. The monoisotopic (exact) mass is 323 g/mol. The minimum Gasteiger partial charge on any atom is -0.383 e. The van der Waals surface area contributed by atoms with Gasteiger partial charge in [-0.3, -0.25) is 0 Å². The molecule has 0 radical (unpaired) electrons. The van der Waals surface area contributed by atoms with Gasteiger partial charge in [-0.2, -0.15) is 0 Å². The van der Waals surface area contributed by atoms with Crippen LogP contribution in [0, 0.1) is 5.82 Å². The lowest BCUT2D eigenvalue weighted by Gasteiger charge is -2.20. The van der Waals surface area contributed by atoms with Crippen LogP contribution in [-0.4, -0.2) is 9.97 Å². The Morgan fingerprint density at radius 3 is 2.21 bits per heavy atom. The van der Waals surface area contributed by atoms with Crippen molar-refractivity contribution in [2.75, 3.05) is 5.73 Å². The van der Waals surface area contributed by atoms with Crippen molar-refractivity contribution < 1.29 is 4.39 Å². The van der Waals surface area contributed by atoms with Crippen molar-refractivity contribution in [2.24, 2.45) is 0 Å². The molecule has 3 nitrogen and oxygen atoms in total.